The first-order valence-electron chi connectivity index (χ1n) is 5.84. The van der Waals surface area contributed by atoms with E-state index in [4.69, 9.17) is 5.73 Å². The summed E-state index contributed by atoms with van der Waals surface area (Å²) in [5, 5.41) is 2.69. The number of nitrogen functional groups attached to an aromatic ring is 1. The van der Waals surface area contributed by atoms with Gasteiger partial charge in [-0.25, -0.2) is 0 Å². The monoisotopic (exact) mass is 352 g/mol. The van der Waals surface area contributed by atoms with E-state index in [1.54, 1.807) is 42.5 Å². The van der Waals surface area contributed by atoms with E-state index in [-0.39, 0.29) is 11.7 Å². The maximum absolute atomic E-state index is 12.1. The number of carbonyl (C=O) groups excluding carboxylic acids is 1. The number of hydrogen-bond donors (Lipinski definition) is 2. The van der Waals surface area contributed by atoms with E-state index in [1.165, 1.54) is 0 Å². The quantitative estimate of drug-likeness (QED) is 0.831. The predicted octanol–water partition coefficient (Wildman–Crippen LogP) is 2.78. The highest BCUT2D eigenvalue weighted by atomic mass is 79.9. The summed E-state index contributed by atoms with van der Waals surface area (Å²) in [7, 11) is -1.37. The standard InChI is InChI=1S/C14H13BrN2O2S/c15-10-2-1-3-13(8-10)20(19)9-14(18)17-12-6-4-11(16)5-7-12/h1-8H,9,16H2,(H,17,18). The molecule has 1 atom stereocenters. The molecule has 0 bridgehead atoms. The van der Waals surface area contributed by atoms with Crippen LogP contribution in [0.1, 0.15) is 0 Å². The van der Waals surface area contributed by atoms with E-state index >= 15 is 0 Å². The van der Waals surface area contributed by atoms with Gasteiger partial charge in [0, 0.05) is 20.7 Å². The Bertz CT molecular complexity index is 644. The molecule has 0 saturated carbocycles. The van der Waals surface area contributed by atoms with E-state index in [1.807, 2.05) is 6.07 Å². The summed E-state index contributed by atoms with van der Waals surface area (Å²) < 4.78 is 12.9. The van der Waals surface area contributed by atoms with E-state index in [2.05, 4.69) is 21.2 Å². The van der Waals surface area contributed by atoms with E-state index in [0.29, 0.717) is 16.3 Å². The molecule has 0 heterocycles. The lowest BCUT2D eigenvalue weighted by Gasteiger charge is -2.06. The van der Waals surface area contributed by atoms with Crippen molar-refractivity contribution in [2.75, 3.05) is 16.8 Å². The molecule has 3 N–H and O–H groups in total. The van der Waals surface area contributed by atoms with Crippen molar-refractivity contribution >= 4 is 44.0 Å². The Hall–Kier alpha value is -1.66. The van der Waals surface area contributed by atoms with Crippen molar-refractivity contribution in [3.8, 4) is 0 Å². The second-order valence-corrected chi connectivity index (χ2v) is 6.48. The molecule has 0 spiro atoms. The molecule has 0 aliphatic rings. The molecule has 0 aliphatic heterocycles. The fourth-order valence-corrected chi connectivity index (χ4v) is 3.09. The third kappa shape index (κ3) is 4.18. The third-order valence-electron chi connectivity index (χ3n) is 2.52. The molecule has 0 aromatic heterocycles. The second-order valence-electron chi connectivity index (χ2n) is 4.12. The van der Waals surface area contributed by atoms with Gasteiger partial charge in [0.05, 0.1) is 10.8 Å². The van der Waals surface area contributed by atoms with Crippen LogP contribution in [0.3, 0.4) is 0 Å². The number of amides is 1. The normalized spacial score (nSPS) is 11.8. The van der Waals surface area contributed by atoms with Crippen LogP contribution in [0.15, 0.2) is 57.9 Å². The minimum atomic E-state index is -1.37. The Kier molecular flexibility index (Phi) is 4.92. The van der Waals surface area contributed by atoms with E-state index in [0.717, 1.165) is 4.47 Å². The van der Waals surface area contributed by atoms with Gasteiger partial charge in [-0.1, -0.05) is 22.0 Å². The molecule has 2 rings (SSSR count). The highest BCUT2D eigenvalue weighted by Gasteiger charge is 2.10. The van der Waals surface area contributed by atoms with Crippen LogP contribution in [0.4, 0.5) is 11.4 Å². The summed E-state index contributed by atoms with van der Waals surface area (Å²) in [5.74, 6) is -0.381. The summed E-state index contributed by atoms with van der Waals surface area (Å²) in [5.41, 5.74) is 6.82. The summed E-state index contributed by atoms with van der Waals surface area (Å²) in [6, 6.07) is 13.9. The lowest BCUT2D eigenvalue weighted by Crippen LogP contribution is -2.19. The van der Waals surface area contributed by atoms with Crippen LogP contribution in [0, 0.1) is 0 Å². The zero-order chi connectivity index (χ0) is 14.5. The second kappa shape index (κ2) is 6.67. The topological polar surface area (TPSA) is 72.2 Å². The lowest BCUT2D eigenvalue weighted by atomic mass is 10.3. The molecule has 2 aromatic carbocycles. The number of anilines is 2. The van der Waals surface area contributed by atoms with Crippen LogP contribution >= 0.6 is 15.9 Å². The Morgan fingerprint density at radius 2 is 1.90 bits per heavy atom. The first-order valence-corrected chi connectivity index (χ1v) is 7.95. The van der Waals surface area contributed by atoms with Gasteiger partial charge in [-0.2, -0.15) is 0 Å². The largest absolute Gasteiger partial charge is 0.399 e. The molecule has 6 heteroatoms. The zero-order valence-electron chi connectivity index (χ0n) is 10.5. The van der Waals surface area contributed by atoms with Crippen LogP contribution in [-0.2, 0) is 15.6 Å². The minimum absolute atomic E-state index is 0.0825. The SMILES string of the molecule is Nc1ccc(NC(=O)CS(=O)c2cccc(Br)c2)cc1. The highest BCUT2D eigenvalue weighted by molar-refractivity contribution is 9.10. The molecule has 1 unspecified atom stereocenters. The predicted molar refractivity (Wildman–Crippen MR) is 84.9 cm³/mol. The smallest absolute Gasteiger partial charge is 0.237 e. The van der Waals surface area contributed by atoms with Crippen LogP contribution < -0.4 is 11.1 Å². The number of nitrogens with one attached hydrogen (secondary N) is 1. The number of hydrogen-bond acceptors (Lipinski definition) is 3. The minimum Gasteiger partial charge on any atom is -0.399 e. The van der Waals surface area contributed by atoms with Crippen molar-refractivity contribution in [2.45, 2.75) is 4.90 Å². The van der Waals surface area contributed by atoms with Gasteiger partial charge in [0.25, 0.3) is 0 Å². The highest BCUT2D eigenvalue weighted by Crippen LogP contribution is 2.15. The van der Waals surface area contributed by atoms with Crippen molar-refractivity contribution in [1.82, 2.24) is 0 Å². The van der Waals surface area contributed by atoms with Crippen LogP contribution in [0.25, 0.3) is 0 Å². The first kappa shape index (κ1) is 14.7. The van der Waals surface area contributed by atoms with Crippen molar-refractivity contribution in [2.24, 2.45) is 0 Å². The van der Waals surface area contributed by atoms with Crippen LogP contribution in [0.2, 0.25) is 0 Å². The molecule has 0 radical (unpaired) electrons. The number of benzene rings is 2. The maximum Gasteiger partial charge on any atom is 0.237 e. The molecular weight excluding hydrogens is 340 g/mol. The van der Waals surface area contributed by atoms with Gasteiger partial charge >= 0.3 is 0 Å². The van der Waals surface area contributed by atoms with E-state index in [9.17, 15) is 9.00 Å². The molecule has 0 aliphatic carbocycles. The van der Waals surface area contributed by atoms with E-state index < -0.39 is 10.8 Å². The van der Waals surface area contributed by atoms with Gasteiger partial charge < -0.3 is 11.1 Å². The van der Waals surface area contributed by atoms with Gasteiger partial charge in [0.15, 0.2) is 0 Å². The molecule has 4 nitrogen and oxygen atoms in total. The van der Waals surface area contributed by atoms with Crippen LogP contribution in [0.5, 0.6) is 0 Å². The van der Waals surface area contributed by atoms with Gasteiger partial charge in [0.2, 0.25) is 5.91 Å². The summed E-state index contributed by atoms with van der Waals surface area (Å²) in [4.78, 5) is 12.4. The number of nitrogens with two attached hydrogens (primary N) is 1. The molecule has 20 heavy (non-hydrogen) atoms. The number of carbonyl (C=O) groups is 1. The van der Waals surface area contributed by atoms with Gasteiger partial charge in [-0.3, -0.25) is 9.00 Å². The van der Waals surface area contributed by atoms with Crippen molar-refractivity contribution < 1.29 is 9.00 Å². The lowest BCUT2D eigenvalue weighted by molar-refractivity contribution is -0.113. The van der Waals surface area contributed by atoms with Crippen LogP contribution in [-0.4, -0.2) is 15.9 Å². The Balaban J connectivity index is 1.97. The Labute approximate surface area is 128 Å². The molecule has 104 valence electrons. The van der Waals surface area contributed by atoms with Crippen molar-refractivity contribution in [3.05, 3.63) is 53.0 Å². The zero-order valence-corrected chi connectivity index (χ0v) is 12.9. The summed E-state index contributed by atoms with van der Waals surface area (Å²) in [6.45, 7) is 0. The molecule has 1 amide bonds. The first-order chi connectivity index (χ1) is 9.54. The fraction of sp³-hybridized carbons (Fsp3) is 0.0714. The summed E-state index contributed by atoms with van der Waals surface area (Å²) >= 11 is 3.31. The number of halogens is 1. The Morgan fingerprint density at radius 1 is 1.20 bits per heavy atom. The maximum atomic E-state index is 12.1. The van der Waals surface area contributed by atoms with Gasteiger partial charge in [-0.05, 0) is 42.5 Å². The van der Waals surface area contributed by atoms with Crippen molar-refractivity contribution in [3.63, 3.8) is 0 Å². The average molecular weight is 353 g/mol. The molecule has 0 fully saturated rings. The number of rotatable bonds is 4. The van der Waals surface area contributed by atoms with Gasteiger partial charge in [-0.15, -0.1) is 0 Å². The van der Waals surface area contributed by atoms with Crippen molar-refractivity contribution in [1.29, 1.82) is 0 Å². The molecule has 0 saturated heterocycles. The van der Waals surface area contributed by atoms with Gasteiger partial charge in [0.1, 0.15) is 5.75 Å². The summed E-state index contributed by atoms with van der Waals surface area (Å²) in [6.07, 6.45) is 0. The average Bonchev–Trinajstić information content (AvgIpc) is 2.41. The molecule has 2 aromatic rings. The third-order valence-corrected chi connectivity index (χ3v) is 4.31. The fourth-order valence-electron chi connectivity index (χ4n) is 1.57. The molecular formula is C14H13BrN2O2S. The Morgan fingerprint density at radius 3 is 2.55 bits per heavy atom.